The van der Waals surface area contributed by atoms with Gasteiger partial charge in [0.2, 0.25) is 11.9 Å². The van der Waals surface area contributed by atoms with E-state index in [1.54, 1.807) is 7.05 Å². The minimum absolute atomic E-state index is 0.0303. The Morgan fingerprint density at radius 1 is 1.28 bits per heavy atom. The van der Waals surface area contributed by atoms with Crippen LogP contribution in [-0.2, 0) is 9.53 Å². The van der Waals surface area contributed by atoms with Crippen LogP contribution < -0.4 is 10.2 Å². The lowest BCUT2D eigenvalue weighted by Gasteiger charge is -2.28. The van der Waals surface area contributed by atoms with E-state index in [0.29, 0.717) is 18.4 Å². The van der Waals surface area contributed by atoms with Crippen molar-refractivity contribution >= 4 is 23.6 Å². The molecule has 1 aromatic carbocycles. The molecule has 1 fully saturated rings. The molecule has 7 nitrogen and oxygen atoms in total. The van der Waals surface area contributed by atoms with Crippen LogP contribution in [0.1, 0.15) is 12.5 Å². The summed E-state index contributed by atoms with van der Waals surface area (Å²) in [6, 6.07) is 8.13. The normalized spacial score (nSPS) is 15.9. The Kier molecular flexibility index (Phi) is 5.60. The summed E-state index contributed by atoms with van der Waals surface area (Å²) in [5, 5.41) is 11.9. The molecule has 1 aliphatic heterocycles. The number of aryl methyl sites for hydroxylation is 1. The van der Waals surface area contributed by atoms with E-state index in [2.05, 4.69) is 39.5 Å². The Bertz CT molecular complexity index is 742. The maximum Gasteiger partial charge on any atom is 0.233 e. The average molecular weight is 361 g/mol. The van der Waals surface area contributed by atoms with Crippen molar-refractivity contribution in [3.05, 3.63) is 29.8 Å². The van der Waals surface area contributed by atoms with Gasteiger partial charge in [-0.25, -0.2) is 0 Å². The summed E-state index contributed by atoms with van der Waals surface area (Å²) in [6.45, 7) is 6.85. The molecule has 134 valence electrons. The van der Waals surface area contributed by atoms with Gasteiger partial charge in [-0.1, -0.05) is 30.0 Å². The molecule has 0 spiro atoms. The van der Waals surface area contributed by atoms with E-state index >= 15 is 0 Å². The quantitative estimate of drug-likeness (QED) is 0.817. The number of para-hydroxylation sites is 1. The summed E-state index contributed by atoms with van der Waals surface area (Å²) in [7, 11) is 1.64. The molecule has 25 heavy (non-hydrogen) atoms. The molecule has 8 heteroatoms. The van der Waals surface area contributed by atoms with Crippen LogP contribution in [-0.4, -0.2) is 59.3 Å². The molecule has 1 atom stereocenters. The van der Waals surface area contributed by atoms with Crippen molar-refractivity contribution < 1.29 is 9.53 Å². The number of benzene rings is 1. The van der Waals surface area contributed by atoms with Gasteiger partial charge in [-0.15, -0.1) is 10.2 Å². The largest absolute Gasteiger partial charge is 0.378 e. The van der Waals surface area contributed by atoms with Crippen LogP contribution in [0.25, 0.3) is 5.69 Å². The summed E-state index contributed by atoms with van der Waals surface area (Å²) < 4.78 is 7.50. The van der Waals surface area contributed by atoms with Gasteiger partial charge in [0.25, 0.3) is 0 Å². The van der Waals surface area contributed by atoms with Gasteiger partial charge in [-0.2, -0.15) is 0 Å². The number of carbonyl (C=O) groups excluding carboxylic acids is 1. The maximum absolute atomic E-state index is 11.9. The lowest BCUT2D eigenvalue weighted by Crippen LogP contribution is -2.38. The van der Waals surface area contributed by atoms with Crippen molar-refractivity contribution in [1.29, 1.82) is 0 Å². The number of nitrogens with zero attached hydrogens (tertiary/aromatic N) is 4. The topological polar surface area (TPSA) is 72.3 Å². The number of hydrogen-bond acceptors (Lipinski definition) is 6. The maximum atomic E-state index is 11.9. The van der Waals surface area contributed by atoms with Crippen LogP contribution in [0, 0.1) is 6.92 Å². The van der Waals surface area contributed by atoms with Crippen LogP contribution in [0.5, 0.6) is 0 Å². The molecule has 2 aromatic rings. The number of amides is 1. The number of carbonyl (C=O) groups is 1. The van der Waals surface area contributed by atoms with Crippen LogP contribution in [0.4, 0.5) is 5.95 Å². The van der Waals surface area contributed by atoms with Crippen LogP contribution in [0.2, 0.25) is 0 Å². The zero-order valence-electron chi connectivity index (χ0n) is 14.7. The number of morpholine rings is 1. The molecule has 1 amide bonds. The highest BCUT2D eigenvalue weighted by Gasteiger charge is 2.25. The molecule has 1 aliphatic rings. The highest BCUT2D eigenvalue weighted by molar-refractivity contribution is 8.00. The third kappa shape index (κ3) is 3.80. The number of anilines is 1. The molecule has 1 unspecified atom stereocenters. The van der Waals surface area contributed by atoms with Crippen molar-refractivity contribution in [2.75, 3.05) is 38.3 Å². The Balaban J connectivity index is 2.02. The molecule has 1 saturated heterocycles. The van der Waals surface area contributed by atoms with Crippen molar-refractivity contribution in [3.63, 3.8) is 0 Å². The highest BCUT2D eigenvalue weighted by Crippen LogP contribution is 2.30. The highest BCUT2D eigenvalue weighted by atomic mass is 32.2. The monoisotopic (exact) mass is 361 g/mol. The fourth-order valence-corrected chi connectivity index (χ4v) is 3.66. The van der Waals surface area contributed by atoms with Gasteiger partial charge in [0.15, 0.2) is 5.16 Å². The second-order valence-electron chi connectivity index (χ2n) is 5.88. The Labute approximate surface area is 151 Å². The Morgan fingerprint density at radius 3 is 2.68 bits per heavy atom. The Hall–Kier alpha value is -2.06. The van der Waals surface area contributed by atoms with E-state index in [1.807, 2.05) is 23.6 Å². The van der Waals surface area contributed by atoms with Gasteiger partial charge in [0.05, 0.1) is 24.2 Å². The Morgan fingerprint density at radius 2 is 2.00 bits per heavy atom. The molecule has 3 rings (SSSR count). The molecular formula is C17H23N5O2S. The molecular weight excluding hydrogens is 338 g/mol. The summed E-state index contributed by atoms with van der Waals surface area (Å²) in [5.74, 6) is 0.765. The van der Waals surface area contributed by atoms with E-state index in [-0.39, 0.29) is 11.2 Å². The van der Waals surface area contributed by atoms with Gasteiger partial charge in [0, 0.05) is 20.1 Å². The average Bonchev–Trinajstić information content (AvgIpc) is 3.05. The van der Waals surface area contributed by atoms with Crippen LogP contribution in [0.3, 0.4) is 0 Å². The number of nitrogens with one attached hydrogen (secondary N) is 1. The molecule has 0 aliphatic carbocycles. The third-order valence-electron chi connectivity index (χ3n) is 4.16. The minimum Gasteiger partial charge on any atom is -0.378 e. The fraction of sp³-hybridized carbons (Fsp3) is 0.471. The lowest BCUT2D eigenvalue weighted by atomic mass is 10.2. The molecule has 1 N–H and O–H groups in total. The first kappa shape index (κ1) is 17.8. The zero-order valence-corrected chi connectivity index (χ0v) is 15.5. The van der Waals surface area contributed by atoms with E-state index in [1.165, 1.54) is 11.8 Å². The smallest absolute Gasteiger partial charge is 0.233 e. The molecule has 2 heterocycles. The standard InChI is InChI=1S/C17H23N5O2S/c1-12-6-4-5-7-14(12)22-16(21-8-10-24-11-9-21)19-20-17(22)25-13(2)15(23)18-3/h4-7,13H,8-11H2,1-3H3,(H,18,23). The van der Waals surface area contributed by atoms with Crippen molar-refractivity contribution in [1.82, 2.24) is 20.1 Å². The summed E-state index contributed by atoms with van der Waals surface area (Å²) in [5.41, 5.74) is 2.16. The number of ether oxygens (including phenoxy) is 1. The lowest BCUT2D eigenvalue weighted by molar-refractivity contribution is -0.119. The number of hydrogen-bond donors (Lipinski definition) is 1. The zero-order chi connectivity index (χ0) is 17.8. The first-order chi connectivity index (χ1) is 12.1. The number of thioether (sulfide) groups is 1. The first-order valence-electron chi connectivity index (χ1n) is 8.34. The third-order valence-corrected chi connectivity index (χ3v) is 5.21. The summed E-state index contributed by atoms with van der Waals surface area (Å²) in [4.78, 5) is 14.1. The molecule has 1 aromatic heterocycles. The van der Waals surface area contributed by atoms with Gasteiger partial charge in [-0.05, 0) is 25.5 Å². The minimum atomic E-state index is -0.255. The van der Waals surface area contributed by atoms with Gasteiger partial charge in [0.1, 0.15) is 0 Å². The molecule has 0 bridgehead atoms. The van der Waals surface area contributed by atoms with Crippen molar-refractivity contribution in [3.8, 4) is 5.69 Å². The van der Waals surface area contributed by atoms with Crippen molar-refractivity contribution in [2.45, 2.75) is 24.3 Å². The van der Waals surface area contributed by atoms with E-state index in [4.69, 9.17) is 4.74 Å². The molecule has 0 saturated carbocycles. The second kappa shape index (κ2) is 7.88. The van der Waals surface area contributed by atoms with Gasteiger partial charge < -0.3 is 15.0 Å². The van der Waals surface area contributed by atoms with Crippen LogP contribution >= 0.6 is 11.8 Å². The van der Waals surface area contributed by atoms with E-state index < -0.39 is 0 Å². The second-order valence-corrected chi connectivity index (χ2v) is 7.19. The summed E-state index contributed by atoms with van der Waals surface area (Å²) >= 11 is 1.41. The SMILES string of the molecule is CNC(=O)C(C)Sc1nnc(N2CCOCC2)n1-c1ccccc1C. The molecule has 0 radical (unpaired) electrons. The van der Waals surface area contributed by atoms with E-state index in [9.17, 15) is 4.79 Å². The number of rotatable bonds is 5. The fourth-order valence-electron chi connectivity index (χ4n) is 2.75. The first-order valence-corrected chi connectivity index (χ1v) is 9.22. The van der Waals surface area contributed by atoms with Crippen LogP contribution in [0.15, 0.2) is 29.4 Å². The summed E-state index contributed by atoms with van der Waals surface area (Å²) in [6.07, 6.45) is 0. The number of aromatic nitrogens is 3. The van der Waals surface area contributed by atoms with Gasteiger partial charge >= 0.3 is 0 Å². The van der Waals surface area contributed by atoms with E-state index in [0.717, 1.165) is 30.3 Å². The van der Waals surface area contributed by atoms with Gasteiger partial charge in [-0.3, -0.25) is 9.36 Å². The predicted molar refractivity (Wildman–Crippen MR) is 98.5 cm³/mol. The predicted octanol–water partition coefficient (Wildman–Crippen LogP) is 1.64. The van der Waals surface area contributed by atoms with Crippen molar-refractivity contribution in [2.24, 2.45) is 0 Å².